The van der Waals surface area contributed by atoms with E-state index < -0.39 is 24.0 Å². The van der Waals surface area contributed by atoms with Crippen LogP contribution in [-0.2, 0) is 9.59 Å². The van der Waals surface area contributed by atoms with Gasteiger partial charge < -0.3 is 10.4 Å². The van der Waals surface area contributed by atoms with E-state index in [1.807, 2.05) is 0 Å². The van der Waals surface area contributed by atoms with Crippen molar-refractivity contribution >= 4 is 11.9 Å². The maximum Gasteiger partial charge on any atom is 0.391 e. The fraction of sp³-hybridized carbons (Fsp3) is 0.867. The van der Waals surface area contributed by atoms with Gasteiger partial charge in [0.1, 0.15) is 0 Å². The van der Waals surface area contributed by atoms with E-state index in [1.54, 1.807) is 0 Å². The van der Waals surface area contributed by atoms with Gasteiger partial charge in [0.25, 0.3) is 0 Å². The van der Waals surface area contributed by atoms with E-state index in [4.69, 9.17) is 5.11 Å². The fourth-order valence-electron chi connectivity index (χ4n) is 2.84. The van der Waals surface area contributed by atoms with Gasteiger partial charge in [-0.05, 0) is 32.1 Å². The smallest absolute Gasteiger partial charge is 0.391 e. The van der Waals surface area contributed by atoms with Crippen LogP contribution in [0.15, 0.2) is 0 Å². The molecule has 2 atom stereocenters. The third-order valence-electron chi connectivity index (χ3n) is 4.12. The molecule has 0 saturated heterocycles. The number of alkyl halides is 3. The molecule has 1 rings (SSSR count). The summed E-state index contributed by atoms with van der Waals surface area (Å²) < 4.78 is 38.1. The topological polar surface area (TPSA) is 66.4 Å². The van der Waals surface area contributed by atoms with Gasteiger partial charge in [0, 0.05) is 18.9 Å². The summed E-state index contributed by atoms with van der Waals surface area (Å²) in [5, 5.41) is 11.2. The average Bonchev–Trinajstić information content (AvgIpc) is 2.45. The van der Waals surface area contributed by atoms with Crippen LogP contribution in [0.5, 0.6) is 0 Å². The molecule has 0 bridgehead atoms. The second-order valence-corrected chi connectivity index (χ2v) is 5.95. The molecule has 4 nitrogen and oxygen atoms in total. The molecule has 1 aliphatic carbocycles. The van der Waals surface area contributed by atoms with Gasteiger partial charge in [-0.2, -0.15) is 13.2 Å². The van der Waals surface area contributed by atoms with Crippen molar-refractivity contribution in [1.82, 2.24) is 5.32 Å². The standard InChI is InChI=1S/C15H24F3NO3/c16-15(17,18)12-7-5-6-11(10-12)14(22)19-9-4-2-1-3-8-13(20)21/h11-12H,1-10H2,(H,19,22)(H,20,21). The molecule has 0 aromatic rings. The zero-order chi connectivity index (χ0) is 16.6. The molecule has 0 aromatic heterocycles. The Bertz CT molecular complexity index is 372. The van der Waals surface area contributed by atoms with Crippen LogP contribution in [0.2, 0.25) is 0 Å². The van der Waals surface area contributed by atoms with Crippen molar-refractivity contribution in [3.8, 4) is 0 Å². The van der Waals surface area contributed by atoms with Crippen molar-refractivity contribution in [1.29, 1.82) is 0 Å². The van der Waals surface area contributed by atoms with Gasteiger partial charge in [0.15, 0.2) is 0 Å². The third-order valence-corrected chi connectivity index (χ3v) is 4.12. The van der Waals surface area contributed by atoms with Crippen LogP contribution in [0.3, 0.4) is 0 Å². The maximum absolute atomic E-state index is 12.7. The van der Waals surface area contributed by atoms with E-state index in [2.05, 4.69) is 5.32 Å². The number of amides is 1. The summed E-state index contributed by atoms with van der Waals surface area (Å²) in [6, 6.07) is 0. The lowest BCUT2D eigenvalue weighted by Gasteiger charge is -2.29. The molecule has 0 heterocycles. The van der Waals surface area contributed by atoms with Crippen molar-refractivity contribution in [3.63, 3.8) is 0 Å². The van der Waals surface area contributed by atoms with Gasteiger partial charge in [0.2, 0.25) is 5.91 Å². The lowest BCUT2D eigenvalue weighted by Crippen LogP contribution is -2.37. The fourth-order valence-corrected chi connectivity index (χ4v) is 2.84. The first-order valence-electron chi connectivity index (χ1n) is 7.87. The van der Waals surface area contributed by atoms with Crippen molar-refractivity contribution in [2.24, 2.45) is 11.8 Å². The summed E-state index contributed by atoms with van der Waals surface area (Å²) in [5.74, 6) is -2.98. The van der Waals surface area contributed by atoms with Gasteiger partial charge in [-0.3, -0.25) is 9.59 Å². The first kappa shape index (κ1) is 18.8. The largest absolute Gasteiger partial charge is 0.481 e. The highest BCUT2D eigenvalue weighted by Gasteiger charge is 2.43. The normalized spacial score (nSPS) is 22.3. The Balaban J connectivity index is 2.16. The quantitative estimate of drug-likeness (QED) is 0.672. The molecular formula is C15H24F3NO3. The number of aliphatic carboxylic acids is 1. The highest BCUT2D eigenvalue weighted by atomic mass is 19.4. The van der Waals surface area contributed by atoms with Gasteiger partial charge in [-0.1, -0.05) is 19.3 Å². The van der Waals surface area contributed by atoms with Crippen molar-refractivity contribution in [3.05, 3.63) is 0 Å². The molecule has 128 valence electrons. The molecule has 0 aliphatic heterocycles. The third kappa shape index (κ3) is 7.13. The lowest BCUT2D eigenvalue weighted by atomic mass is 9.80. The number of rotatable bonds is 8. The van der Waals surface area contributed by atoms with Crippen molar-refractivity contribution < 1.29 is 27.9 Å². The first-order chi connectivity index (χ1) is 10.3. The molecule has 22 heavy (non-hydrogen) atoms. The average molecular weight is 323 g/mol. The van der Waals surface area contributed by atoms with E-state index in [0.717, 1.165) is 19.3 Å². The summed E-state index contributed by atoms with van der Waals surface area (Å²) in [4.78, 5) is 22.2. The molecule has 1 amide bonds. The first-order valence-corrected chi connectivity index (χ1v) is 7.87. The Hall–Kier alpha value is -1.27. The summed E-state index contributed by atoms with van der Waals surface area (Å²) in [6.07, 6.45) is -0.152. The Labute approximate surface area is 128 Å². The van der Waals surface area contributed by atoms with Gasteiger partial charge in [-0.15, -0.1) is 0 Å². The van der Waals surface area contributed by atoms with Crippen LogP contribution >= 0.6 is 0 Å². The Morgan fingerprint density at radius 3 is 2.41 bits per heavy atom. The summed E-state index contributed by atoms with van der Waals surface area (Å²) in [7, 11) is 0. The monoisotopic (exact) mass is 323 g/mol. The minimum atomic E-state index is -4.21. The van der Waals surface area contributed by atoms with E-state index in [1.165, 1.54) is 0 Å². The highest BCUT2D eigenvalue weighted by Crippen LogP contribution is 2.39. The number of carboxylic acids is 1. The number of hydrogen-bond donors (Lipinski definition) is 2. The second-order valence-electron chi connectivity index (χ2n) is 5.95. The zero-order valence-corrected chi connectivity index (χ0v) is 12.6. The number of hydrogen-bond acceptors (Lipinski definition) is 2. The molecular weight excluding hydrogens is 299 g/mol. The zero-order valence-electron chi connectivity index (χ0n) is 12.6. The number of halogens is 3. The highest BCUT2D eigenvalue weighted by molar-refractivity contribution is 5.78. The molecule has 1 aliphatic rings. The number of carbonyl (C=O) groups is 2. The Morgan fingerprint density at radius 1 is 1.09 bits per heavy atom. The van der Waals surface area contributed by atoms with E-state index in [0.29, 0.717) is 25.8 Å². The van der Waals surface area contributed by atoms with Crippen LogP contribution in [-0.4, -0.2) is 29.7 Å². The van der Waals surface area contributed by atoms with Crippen LogP contribution in [0.4, 0.5) is 13.2 Å². The molecule has 0 aromatic carbocycles. The molecule has 2 N–H and O–H groups in total. The Morgan fingerprint density at radius 2 is 1.77 bits per heavy atom. The maximum atomic E-state index is 12.7. The van der Waals surface area contributed by atoms with Gasteiger partial charge in [0.05, 0.1) is 5.92 Å². The number of nitrogens with one attached hydrogen (secondary N) is 1. The number of carbonyl (C=O) groups excluding carboxylic acids is 1. The van der Waals surface area contributed by atoms with Crippen LogP contribution in [0.1, 0.15) is 57.8 Å². The lowest BCUT2D eigenvalue weighted by molar-refractivity contribution is -0.186. The number of unbranched alkanes of at least 4 members (excludes halogenated alkanes) is 3. The predicted octanol–water partition coefficient (Wildman–Crippen LogP) is 3.51. The second kappa shape index (κ2) is 9.00. The van der Waals surface area contributed by atoms with Crippen molar-refractivity contribution in [2.45, 2.75) is 64.0 Å². The summed E-state index contributed by atoms with van der Waals surface area (Å²) in [5.41, 5.74) is 0. The van der Waals surface area contributed by atoms with Gasteiger partial charge in [-0.25, -0.2) is 0 Å². The number of carboxylic acid groups (broad SMARTS) is 1. The van der Waals surface area contributed by atoms with E-state index in [-0.39, 0.29) is 25.2 Å². The van der Waals surface area contributed by atoms with Crippen molar-refractivity contribution in [2.75, 3.05) is 6.54 Å². The summed E-state index contributed by atoms with van der Waals surface area (Å²) in [6.45, 7) is 0.444. The minimum absolute atomic E-state index is 0.103. The van der Waals surface area contributed by atoms with Crippen LogP contribution in [0, 0.1) is 11.8 Å². The predicted molar refractivity (Wildman–Crippen MR) is 75.2 cm³/mol. The SMILES string of the molecule is O=C(O)CCCCCCNC(=O)C1CCCC(C(F)(F)F)C1. The van der Waals surface area contributed by atoms with E-state index in [9.17, 15) is 22.8 Å². The molecule has 7 heteroatoms. The van der Waals surface area contributed by atoms with E-state index >= 15 is 0 Å². The minimum Gasteiger partial charge on any atom is -0.481 e. The Kier molecular flexibility index (Phi) is 7.68. The molecule has 1 saturated carbocycles. The summed E-state index contributed by atoms with van der Waals surface area (Å²) >= 11 is 0. The molecule has 0 spiro atoms. The van der Waals surface area contributed by atoms with Crippen LogP contribution in [0.25, 0.3) is 0 Å². The van der Waals surface area contributed by atoms with Gasteiger partial charge >= 0.3 is 12.1 Å². The molecule has 0 radical (unpaired) electrons. The molecule has 2 unspecified atom stereocenters. The van der Waals surface area contributed by atoms with Crippen LogP contribution < -0.4 is 5.32 Å². The molecule has 1 fully saturated rings.